The van der Waals surface area contributed by atoms with E-state index in [2.05, 4.69) is 25.6 Å². The van der Waals surface area contributed by atoms with Crippen molar-refractivity contribution < 1.29 is 9.53 Å². The fourth-order valence-corrected chi connectivity index (χ4v) is 3.39. The summed E-state index contributed by atoms with van der Waals surface area (Å²) in [5.74, 6) is 0.469. The average molecular weight is 454 g/mol. The van der Waals surface area contributed by atoms with E-state index in [0.717, 1.165) is 5.56 Å². The quantitative estimate of drug-likeness (QED) is 0.457. The first-order valence-electron chi connectivity index (χ1n) is 10.6. The predicted octanol–water partition coefficient (Wildman–Crippen LogP) is 2.25. The summed E-state index contributed by atoms with van der Waals surface area (Å²) in [7, 11) is 0. The summed E-state index contributed by atoms with van der Waals surface area (Å²) in [6.45, 7) is 10.0. The first kappa shape index (κ1) is 22.2. The Morgan fingerprint density at radius 3 is 2.67 bits per heavy atom. The molecule has 0 spiro atoms. The minimum atomic E-state index is -0.559. The van der Waals surface area contributed by atoms with Crippen LogP contribution >= 0.6 is 0 Å². The molecule has 0 atom stereocenters. The standard InChI is InChI=1S/C21H27N9O3/c1-13(2)29-17(15-10-26-28(12-15)7-6-22-20(32)33-21(3,4)5)27-30-16(14-8-24-25-9-14)11-23-18(30)19(29)31/h8-13H,6-7H2,1-5H3,(H,22,32)(H,24,25). The third kappa shape index (κ3) is 4.64. The van der Waals surface area contributed by atoms with Crippen molar-refractivity contribution in [3.05, 3.63) is 41.3 Å². The summed E-state index contributed by atoms with van der Waals surface area (Å²) in [4.78, 5) is 29.4. The highest BCUT2D eigenvalue weighted by atomic mass is 16.6. The number of alkyl carbamates (subject to hydrolysis) is 1. The minimum absolute atomic E-state index is 0.142. The summed E-state index contributed by atoms with van der Waals surface area (Å²) < 4.78 is 10.0. The average Bonchev–Trinajstić information content (AvgIpc) is 3.46. The van der Waals surface area contributed by atoms with Crippen molar-refractivity contribution in [1.82, 2.24) is 44.5 Å². The number of carbonyl (C=O) groups excluding carboxylic acids is 1. The van der Waals surface area contributed by atoms with Gasteiger partial charge in [0.25, 0.3) is 5.56 Å². The number of rotatable bonds is 6. The highest BCUT2D eigenvalue weighted by Crippen LogP contribution is 2.22. The number of imidazole rings is 1. The molecule has 4 aromatic rings. The number of ether oxygens (including phenoxy) is 1. The third-order valence-electron chi connectivity index (χ3n) is 4.78. The molecule has 0 aromatic carbocycles. The van der Waals surface area contributed by atoms with E-state index in [-0.39, 0.29) is 17.2 Å². The monoisotopic (exact) mass is 453 g/mol. The van der Waals surface area contributed by atoms with Crippen LogP contribution < -0.4 is 10.9 Å². The molecule has 4 aromatic heterocycles. The molecule has 12 heteroatoms. The Hall–Kier alpha value is -3.96. The van der Waals surface area contributed by atoms with Gasteiger partial charge in [0.05, 0.1) is 36.4 Å². The van der Waals surface area contributed by atoms with Crippen LogP contribution in [0.4, 0.5) is 4.79 Å². The summed E-state index contributed by atoms with van der Waals surface area (Å²) >= 11 is 0. The van der Waals surface area contributed by atoms with Crippen LogP contribution in [0.1, 0.15) is 40.7 Å². The highest BCUT2D eigenvalue weighted by Gasteiger charge is 2.20. The summed E-state index contributed by atoms with van der Waals surface area (Å²) in [5, 5.41) is 18.5. The van der Waals surface area contributed by atoms with Crippen LogP contribution in [0.15, 0.2) is 35.8 Å². The lowest BCUT2D eigenvalue weighted by molar-refractivity contribution is 0.0525. The van der Waals surface area contributed by atoms with E-state index < -0.39 is 11.7 Å². The lowest BCUT2D eigenvalue weighted by Gasteiger charge is -2.19. The number of nitrogens with zero attached hydrogens (tertiary/aromatic N) is 7. The van der Waals surface area contributed by atoms with Crippen LogP contribution in [0.2, 0.25) is 0 Å². The number of hydrogen-bond donors (Lipinski definition) is 2. The molecule has 4 heterocycles. The van der Waals surface area contributed by atoms with Gasteiger partial charge in [0.2, 0.25) is 5.65 Å². The van der Waals surface area contributed by atoms with Crippen molar-refractivity contribution >= 4 is 11.7 Å². The van der Waals surface area contributed by atoms with Gasteiger partial charge in [-0.25, -0.2) is 14.3 Å². The molecule has 0 saturated heterocycles. The van der Waals surface area contributed by atoms with E-state index in [9.17, 15) is 9.59 Å². The van der Waals surface area contributed by atoms with E-state index in [1.54, 1.807) is 40.2 Å². The van der Waals surface area contributed by atoms with Crippen molar-refractivity contribution in [1.29, 1.82) is 0 Å². The largest absolute Gasteiger partial charge is 0.444 e. The van der Waals surface area contributed by atoms with Crippen LogP contribution in [-0.4, -0.2) is 57.4 Å². The number of amides is 1. The molecule has 4 rings (SSSR count). The molecule has 2 N–H and O–H groups in total. The van der Waals surface area contributed by atoms with Crippen molar-refractivity contribution in [2.75, 3.05) is 6.54 Å². The summed E-state index contributed by atoms with van der Waals surface area (Å²) in [6, 6.07) is -0.142. The molecule has 33 heavy (non-hydrogen) atoms. The van der Waals surface area contributed by atoms with Gasteiger partial charge >= 0.3 is 6.09 Å². The Labute approximate surface area is 189 Å². The second-order valence-electron chi connectivity index (χ2n) is 8.88. The molecular weight excluding hydrogens is 426 g/mol. The normalized spacial score (nSPS) is 11.9. The molecule has 0 bridgehead atoms. The Morgan fingerprint density at radius 2 is 2.00 bits per heavy atom. The maximum Gasteiger partial charge on any atom is 0.407 e. The number of nitrogens with one attached hydrogen (secondary N) is 2. The van der Waals surface area contributed by atoms with Gasteiger partial charge in [-0.1, -0.05) is 0 Å². The number of aromatic nitrogens is 8. The zero-order valence-electron chi connectivity index (χ0n) is 19.2. The van der Waals surface area contributed by atoms with Crippen molar-refractivity contribution in [3.8, 4) is 22.6 Å². The van der Waals surface area contributed by atoms with E-state index in [1.165, 1.54) is 4.52 Å². The molecule has 0 aliphatic heterocycles. The first-order valence-corrected chi connectivity index (χ1v) is 10.6. The molecule has 0 unspecified atom stereocenters. The molecule has 0 fully saturated rings. The molecular formula is C21H27N9O3. The van der Waals surface area contributed by atoms with E-state index >= 15 is 0 Å². The van der Waals surface area contributed by atoms with Crippen molar-refractivity contribution in [2.45, 2.75) is 52.8 Å². The van der Waals surface area contributed by atoms with Gasteiger partial charge in [0, 0.05) is 30.5 Å². The Bertz CT molecular complexity index is 1320. The van der Waals surface area contributed by atoms with Crippen LogP contribution in [0.3, 0.4) is 0 Å². The van der Waals surface area contributed by atoms with Crippen LogP contribution in [0.5, 0.6) is 0 Å². The fraction of sp³-hybridized carbons (Fsp3) is 0.429. The van der Waals surface area contributed by atoms with Gasteiger partial charge in [0.15, 0.2) is 5.82 Å². The maximum atomic E-state index is 13.2. The first-order chi connectivity index (χ1) is 15.6. The van der Waals surface area contributed by atoms with E-state index in [4.69, 9.17) is 9.84 Å². The second kappa shape index (κ2) is 8.52. The minimum Gasteiger partial charge on any atom is -0.444 e. The smallest absolute Gasteiger partial charge is 0.407 e. The third-order valence-corrected chi connectivity index (χ3v) is 4.78. The summed E-state index contributed by atoms with van der Waals surface area (Å²) in [6.07, 6.45) is 7.92. The lowest BCUT2D eigenvalue weighted by atomic mass is 10.2. The SMILES string of the molecule is CC(C)n1c(-c2cnn(CCNC(=O)OC(C)(C)C)c2)nn2c(-c3cn[nH]c3)cnc2c1=O. The number of H-pyrrole nitrogens is 1. The van der Waals surface area contributed by atoms with Crippen LogP contribution in [-0.2, 0) is 11.3 Å². The Kier molecular flexibility index (Phi) is 5.75. The molecule has 0 aliphatic rings. The second-order valence-corrected chi connectivity index (χ2v) is 8.88. The number of aromatic amines is 1. The van der Waals surface area contributed by atoms with Crippen LogP contribution in [0, 0.1) is 0 Å². The highest BCUT2D eigenvalue weighted by molar-refractivity contribution is 5.67. The molecule has 0 aliphatic carbocycles. The van der Waals surface area contributed by atoms with Crippen LogP contribution in [0.25, 0.3) is 28.3 Å². The predicted molar refractivity (Wildman–Crippen MR) is 121 cm³/mol. The van der Waals surface area contributed by atoms with Gasteiger partial charge < -0.3 is 10.1 Å². The Morgan fingerprint density at radius 1 is 1.21 bits per heavy atom. The lowest BCUT2D eigenvalue weighted by Crippen LogP contribution is -2.34. The number of fused-ring (bicyclic) bond motifs is 1. The van der Waals surface area contributed by atoms with Crippen molar-refractivity contribution in [2.24, 2.45) is 0 Å². The molecule has 1 amide bonds. The molecule has 0 radical (unpaired) electrons. The fourth-order valence-electron chi connectivity index (χ4n) is 3.39. The number of hydrogen-bond acceptors (Lipinski definition) is 7. The zero-order chi connectivity index (χ0) is 23.8. The van der Waals surface area contributed by atoms with E-state index in [0.29, 0.717) is 30.2 Å². The van der Waals surface area contributed by atoms with Crippen molar-refractivity contribution in [3.63, 3.8) is 0 Å². The summed E-state index contributed by atoms with van der Waals surface area (Å²) in [5.41, 5.74) is 1.53. The maximum absolute atomic E-state index is 13.2. The molecule has 174 valence electrons. The zero-order valence-corrected chi connectivity index (χ0v) is 19.2. The number of carbonyl (C=O) groups is 1. The molecule has 0 saturated carbocycles. The topological polar surface area (TPSA) is 137 Å². The Balaban J connectivity index is 1.63. The van der Waals surface area contributed by atoms with Gasteiger partial charge in [0.1, 0.15) is 5.60 Å². The molecule has 12 nitrogen and oxygen atoms in total. The van der Waals surface area contributed by atoms with E-state index in [1.807, 2.05) is 34.6 Å². The van der Waals surface area contributed by atoms with Gasteiger partial charge in [-0.15, -0.1) is 5.10 Å². The van der Waals surface area contributed by atoms with Gasteiger partial charge in [-0.2, -0.15) is 10.2 Å². The van der Waals surface area contributed by atoms with Gasteiger partial charge in [-0.3, -0.25) is 19.1 Å². The van der Waals surface area contributed by atoms with Gasteiger partial charge in [-0.05, 0) is 34.6 Å².